The predicted octanol–water partition coefficient (Wildman–Crippen LogP) is 4.31. The van der Waals surface area contributed by atoms with Crippen LogP contribution in [0.5, 0.6) is 0 Å². The Hall–Kier alpha value is -1.38. The van der Waals surface area contributed by atoms with Crippen LogP contribution in [0.15, 0.2) is 54.6 Å². The van der Waals surface area contributed by atoms with E-state index in [1.54, 1.807) is 0 Å². The number of ether oxygens (including phenoxy) is 1. The fourth-order valence-electron chi connectivity index (χ4n) is 3.73. The maximum Gasteiger partial charge on any atom is 0.0750 e. The maximum atomic E-state index is 6.00. The van der Waals surface area contributed by atoms with Gasteiger partial charge in [0.2, 0.25) is 0 Å². The highest BCUT2D eigenvalue weighted by atomic mass is 16.5. The second-order valence-electron chi connectivity index (χ2n) is 7.46. The molecule has 0 bridgehead atoms. The predicted molar refractivity (Wildman–Crippen MR) is 96.6 cm³/mol. The first-order chi connectivity index (χ1) is 11.2. The standard InChI is InChI=1S/C21H29NO/c1-21(2,20-16-22-14-15-23-20)13-12-18-10-6-7-11-19(18)17-8-4-3-5-9-17/h3-11,18-20,22H,12-16H2,1-2H3. The first-order valence-corrected chi connectivity index (χ1v) is 8.89. The number of allylic oxidation sites excluding steroid dienone is 4. The van der Waals surface area contributed by atoms with E-state index in [1.807, 2.05) is 0 Å². The van der Waals surface area contributed by atoms with Crippen LogP contribution in [-0.2, 0) is 4.74 Å². The Kier molecular flexibility index (Phi) is 5.34. The van der Waals surface area contributed by atoms with Crippen molar-refractivity contribution in [1.29, 1.82) is 0 Å². The topological polar surface area (TPSA) is 21.3 Å². The van der Waals surface area contributed by atoms with Crippen molar-refractivity contribution in [3.05, 3.63) is 60.2 Å². The molecule has 3 atom stereocenters. The number of rotatable bonds is 5. The van der Waals surface area contributed by atoms with Crippen molar-refractivity contribution in [1.82, 2.24) is 5.32 Å². The summed E-state index contributed by atoms with van der Waals surface area (Å²) in [4.78, 5) is 0. The second kappa shape index (κ2) is 7.46. The lowest BCUT2D eigenvalue weighted by Crippen LogP contribution is -2.46. The Morgan fingerprint density at radius 2 is 1.91 bits per heavy atom. The molecule has 0 saturated carbocycles. The highest BCUT2D eigenvalue weighted by Crippen LogP contribution is 2.38. The molecule has 0 radical (unpaired) electrons. The average Bonchev–Trinajstić information content (AvgIpc) is 2.62. The fraction of sp³-hybridized carbons (Fsp3) is 0.524. The lowest BCUT2D eigenvalue weighted by atomic mass is 9.74. The number of hydrogen-bond donors (Lipinski definition) is 1. The minimum Gasteiger partial charge on any atom is -0.375 e. The monoisotopic (exact) mass is 311 g/mol. The van der Waals surface area contributed by atoms with Crippen molar-refractivity contribution in [3.8, 4) is 0 Å². The van der Waals surface area contributed by atoms with E-state index in [4.69, 9.17) is 4.74 Å². The smallest absolute Gasteiger partial charge is 0.0750 e. The van der Waals surface area contributed by atoms with Crippen molar-refractivity contribution in [2.24, 2.45) is 11.3 Å². The summed E-state index contributed by atoms with van der Waals surface area (Å²) in [7, 11) is 0. The maximum absolute atomic E-state index is 6.00. The molecule has 2 aliphatic rings. The molecule has 3 rings (SSSR count). The van der Waals surface area contributed by atoms with Crippen molar-refractivity contribution < 1.29 is 4.74 Å². The van der Waals surface area contributed by atoms with Crippen LogP contribution in [0, 0.1) is 11.3 Å². The molecule has 0 aromatic heterocycles. The van der Waals surface area contributed by atoms with E-state index in [0.717, 1.165) is 19.7 Å². The van der Waals surface area contributed by atoms with Crippen LogP contribution in [0.25, 0.3) is 0 Å². The molecule has 1 aromatic carbocycles. The van der Waals surface area contributed by atoms with Crippen LogP contribution in [0.1, 0.15) is 38.2 Å². The van der Waals surface area contributed by atoms with Crippen molar-refractivity contribution >= 4 is 0 Å². The molecule has 1 saturated heterocycles. The molecule has 0 spiro atoms. The van der Waals surface area contributed by atoms with Crippen molar-refractivity contribution in [2.75, 3.05) is 19.7 Å². The van der Waals surface area contributed by atoms with Gasteiger partial charge in [0.25, 0.3) is 0 Å². The normalized spacial score (nSPS) is 28.0. The molecule has 1 heterocycles. The molecule has 2 heteroatoms. The Morgan fingerprint density at radius 1 is 1.13 bits per heavy atom. The molecular weight excluding hydrogens is 282 g/mol. The van der Waals surface area contributed by atoms with E-state index in [1.165, 1.54) is 18.4 Å². The highest BCUT2D eigenvalue weighted by Gasteiger charge is 2.33. The molecular formula is C21H29NO. The summed E-state index contributed by atoms with van der Waals surface area (Å²) in [5, 5.41) is 3.46. The van der Waals surface area contributed by atoms with Gasteiger partial charge in [-0.1, -0.05) is 68.5 Å². The third-order valence-electron chi connectivity index (χ3n) is 5.35. The average molecular weight is 311 g/mol. The minimum atomic E-state index is 0.212. The molecule has 3 unspecified atom stereocenters. The molecule has 23 heavy (non-hydrogen) atoms. The molecule has 1 aliphatic carbocycles. The Bertz CT molecular complexity index is 540. The van der Waals surface area contributed by atoms with Gasteiger partial charge in [-0.2, -0.15) is 0 Å². The molecule has 124 valence electrons. The zero-order valence-corrected chi connectivity index (χ0v) is 14.4. The number of morpholine rings is 1. The van der Waals surface area contributed by atoms with Crippen LogP contribution in [-0.4, -0.2) is 25.8 Å². The Balaban J connectivity index is 1.63. The minimum absolute atomic E-state index is 0.212. The SMILES string of the molecule is CC(C)(CCC1C=CC=CC1c1ccccc1)C1CNCCO1. The zero-order valence-electron chi connectivity index (χ0n) is 14.4. The molecule has 1 N–H and O–H groups in total. The Labute approximate surface area is 140 Å². The van der Waals surface area contributed by atoms with Gasteiger partial charge < -0.3 is 10.1 Å². The van der Waals surface area contributed by atoms with E-state index >= 15 is 0 Å². The number of hydrogen-bond acceptors (Lipinski definition) is 2. The van der Waals surface area contributed by atoms with Gasteiger partial charge in [0.1, 0.15) is 0 Å². The number of nitrogens with one attached hydrogen (secondary N) is 1. The number of benzene rings is 1. The van der Waals surface area contributed by atoms with Crippen LogP contribution >= 0.6 is 0 Å². The fourth-order valence-corrected chi connectivity index (χ4v) is 3.73. The van der Waals surface area contributed by atoms with Crippen LogP contribution in [0.4, 0.5) is 0 Å². The summed E-state index contributed by atoms with van der Waals surface area (Å²) >= 11 is 0. The first kappa shape index (κ1) is 16.5. The summed E-state index contributed by atoms with van der Waals surface area (Å²) in [6, 6.07) is 10.9. The molecule has 1 fully saturated rings. The van der Waals surface area contributed by atoms with Gasteiger partial charge in [-0.05, 0) is 29.7 Å². The largest absolute Gasteiger partial charge is 0.375 e. The lowest BCUT2D eigenvalue weighted by molar-refractivity contribution is -0.0483. The lowest BCUT2D eigenvalue weighted by Gasteiger charge is -2.38. The second-order valence-corrected chi connectivity index (χ2v) is 7.46. The van der Waals surface area contributed by atoms with E-state index in [9.17, 15) is 0 Å². The summed E-state index contributed by atoms with van der Waals surface area (Å²) in [6.45, 7) is 7.51. The molecule has 2 nitrogen and oxygen atoms in total. The van der Waals surface area contributed by atoms with Crippen LogP contribution < -0.4 is 5.32 Å². The van der Waals surface area contributed by atoms with Gasteiger partial charge >= 0.3 is 0 Å². The Morgan fingerprint density at radius 3 is 2.65 bits per heavy atom. The van der Waals surface area contributed by atoms with Gasteiger partial charge in [-0.15, -0.1) is 0 Å². The third kappa shape index (κ3) is 4.13. The third-order valence-corrected chi connectivity index (χ3v) is 5.35. The van der Waals surface area contributed by atoms with Gasteiger partial charge in [0, 0.05) is 19.0 Å². The zero-order chi connectivity index (χ0) is 16.1. The van der Waals surface area contributed by atoms with E-state index in [0.29, 0.717) is 17.9 Å². The summed E-state index contributed by atoms with van der Waals surface area (Å²) < 4.78 is 6.00. The molecule has 1 aromatic rings. The first-order valence-electron chi connectivity index (χ1n) is 8.89. The molecule has 1 aliphatic heterocycles. The van der Waals surface area contributed by atoms with Crippen LogP contribution in [0.3, 0.4) is 0 Å². The van der Waals surface area contributed by atoms with Crippen molar-refractivity contribution in [3.63, 3.8) is 0 Å². The van der Waals surface area contributed by atoms with Gasteiger partial charge in [-0.3, -0.25) is 0 Å². The van der Waals surface area contributed by atoms with E-state index in [2.05, 4.69) is 73.8 Å². The summed E-state index contributed by atoms with van der Waals surface area (Å²) in [6.07, 6.45) is 11.8. The summed E-state index contributed by atoms with van der Waals surface area (Å²) in [5.74, 6) is 1.08. The van der Waals surface area contributed by atoms with E-state index < -0.39 is 0 Å². The van der Waals surface area contributed by atoms with Gasteiger partial charge in [0.15, 0.2) is 0 Å². The quantitative estimate of drug-likeness (QED) is 0.875. The molecule has 0 amide bonds. The van der Waals surface area contributed by atoms with Crippen molar-refractivity contribution in [2.45, 2.75) is 38.7 Å². The summed E-state index contributed by atoms with van der Waals surface area (Å²) in [5.41, 5.74) is 1.63. The highest BCUT2D eigenvalue weighted by molar-refractivity contribution is 5.30. The van der Waals surface area contributed by atoms with E-state index in [-0.39, 0.29) is 5.41 Å². The van der Waals surface area contributed by atoms with Gasteiger partial charge in [-0.25, -0.2) is 0 Å². The van der Waals surface area contributed by atoms with Gasteiger partial charge in [0.05, 0.1) is 12.7 Å². The van der Waals surface area contributed by atoms with Crippen LogP contribution in [0.2, 0.25) is 0 Å².